The Kier molecular flexibility index (Phi) is 6.83. The van der Waals surface area contributed by atoms with Crippen LogP contribution in [0.4, 0.5) is 11.5 Å². The predicted molar refractivity (Wildman–Crippen MR) is 145 cm³/mol. The van der Waals surface area contributed by atoms with Crippen molar-refractivity contribution in [2.45, 2.75) is 20.3 Å². The first-order chi connectivity index (χ1) is 17.9. The number of carbonyl (C=O) groups is 1. The van der Waals surface area contributed by atoms with Gasteiger partial charge in [0, 0.05) is 43.6 Å². The van der Waals surface area contributed by atoms with Gasteiger partial charge in [-0.25, -0.2) is 15.0 Å². The number of hydrogen-bond donors (Lipinski definition) is 1. The van der Waals surface area contributed by atoms with Gasteiger partial charge in [-0.3, -0.25) is 4.79 Å². The maximum atomic E-state index is 12.5. The fourth-order valence-electron chi connectivity index (χ4n) is 4.32. The smallest absolute Gasteiger partial charge is 0.142 e. The van der Waals surface area contributed by atoms with Gasteiger partial charge in [0.25, 0.3) is 0 Å². The molecule has 37 heavy (non-hydrogen) atoms. The molecule has 1 N–H and O–H groups in total. The summed E-state index contributed by atoms with van der Waals surface area (Å²) in [5, 5.41) is 4.26. The molecule has 0 spiro atoms. The van der Waals surface area contributed by atoms with Crippen LogP contribution in [0.3, 0.4) is 0 Å². The van der Waals surface area contributed by atoms with Crippen LogP contribution < -0.4 is 10.1 Å². The molecule has 0 saturated carbocycles. The van der Waals surface area contributed by atoms with Crippen molar-refractivity contribution in [3.63, 3.8) is 0 Å². The lowest BCUT2D eigenvalue weighted by atomic mass is 9.99. The van der Waals surface area contributed by atoms with Crippen molar-refractivity contribution < 1.29 is 14.3 Å². The zero-order chi connectivity index (χ0) is 25.9. The van der Waals surface area contributed by atoms with Gasteiger partial charge in [-0.15, -0.1) is 0 Å². The lowest BCUT2D eigenvalue weighted by Crippen LogP contribution is -2.18. The highest BCUT2D eigenvalue weighted by Crippen LogP contribution is 2.31. The summed E-state index contributed by atoms with van der Waals surface area (Å²) < 4.78 is 13.2. The molecule has 2 aromatic heterocycles. The topological polar surface area (TPSA) is 91.2 Å². The average Bonchev–Trinajstić information content (AvgIpc) is 3.26. The zero-order valence-corrected chi connectivity index (χ0v) is 21.4. The van der Waals surface area contributed by atoms with Gasteiger partial charge in [0.15, 0.2) is 0 Å². The van der Waals surface area contributed by atoms with Gasteiger partial charge in [-0.2, -0.15) is 0 Å². The molecule has 0 aliphatic rings. The SMILES string of the molecule is COCC(C)C(=O)Cc1ccc2ncnc(Nc3ccc(Oc4ccc5c(c4)ncn5C)c(C)c3)c2c1. The molecular formula is C29H29N5O3. The van der Waals surface area contributed by atoms with Gasteiger partial charge in [-0.1, -0.05) is 13.0 Å². The number of aryl methyl sites for hydroxylation is 2. The third kappa shape index (κ3) is 5.29. The predicted octanol–water partition coefficient (Wildman–Crippen LogP) is 5.75. The molecule has 0 radical (unpaired) electrons. The molecule has 0 fully saturated rings. The molecule has 5 rings (SSSR count). The van der Waals surface area contributed by atoms with Crippen LogP contribution in [0.15, 0.2) is 67.3 Å². The van der Waals surface area contributed by atoms with Crippen LogP contribution in [0.25, 0.3) is 21.9 Å². The molecule has 8 nitrogen and oxygen atoms in total. The molecule has 0 bridgehead atoms. The maximum Gasteiger partial charge on any atom is 0.142 e. The van der Waals surface area contributed by atoms with Crippen molar-refractivity contribution in [2.75, 3.05) is 19.0 Å². The minimum atomic E-state index is -0.153. The lowest BCUT2D eigenvalue weighted by Gasteiger charge is -2.13. The highest BCUT2D eigenvalue weighted by atomic mass is 16.5. The van der Waals surface area contributed by atoms with E-state index in [1.165, 1.54) is 6.33 Å². The number of hydrogen-bond acceptors (Lipinski definition) is 7. The lowest BCUT2D eigenvalue weighted by molar-refractivity contribution is -0.123. The van der Waals surface area contributed by atoms with E-state index in [2.05, 4.69) is 20.3 Å². The molecule has 188 valence electrons. The van der Waals surface area contributed by atoms with Crippen LogP contribution in [0.5, 0.6) is 11.5 Å². The summed E-state index contributed by atoms with van der Waals surface area (Å²) in [6.45, 7) is 4.30. The standard InChI is InChI=1S/C29H29N5O3/c1-18-11-21(6-10-28(18)37-22-7-9-26-25(14-22)32-17-34(26)3)33-29-23-12-20(5-8-24(23)30-16-31-29)13-27(35)19(2)15-36-4/h5-12,14,16-17,19H,13,15H2,1-4H3,(H,30,31,33). The number of imidazole rings is 1. The van der Waals surface area contributed by atoms with E-state index in [1.54, 1.807) is 13.4 Å². The number of rotatable bonds is 9. The third-order valence-corrected chi connectivity index (χ3v) is 6.41. The average molecular weight is 496 g/mol. The highest BCUT2D eigenvalue weighted by Gasteiger charge is 2.15. The van der Waals surface area contributed by atoms with Crippen molar-refractivity contribution in [1.29, 1.82) is 0 Å². The summed E-state index contributed by atoms with van der Waals surface area (Å²) in [6, 6.07) is 17.6. The van der Waals surface area contributed by atoms with E-state index < -0.39 is 0 Å². The second-order valence-corrected chi connectivity index (χ2v) is 9.29. The van der Waals surface area contributed by atoms with E-state index in [0.29, 0.717) is 18.8 Å². The Morgan fingerprint density at radius 3 is 2.70 bits per heavy atom. The van der Waals surface area contributed by atoms with E-state index >= 15 is 0 Å². The molecule has 0 aliphatic heterocycles. The number of nitrogens with one attached hydrogen (secondary N) is 1. The molecule has 8 heteroatoms. The van der Waals surface area contributed by atoms with Crippen molar-refractivity contribution >= 4 is 39.2 Å². The molecule has 1 atom stereocenters. The molecule has 0 amide bonds. The van der Waals surface area contributed by atoms with Gasteiger partial charge in [0.1, 0.15) is 29.4 Å². The first kappa shape index (κ1) is 24.4. The fourth-order valence-corrected chi connectivity index (χ4v) is 4.32. The summed E-state index contributed by atoms with van der Waals surface area (Å²) in [7, 11) is 3.58. The minimum Gasteiger partial charge on any atom is -0.457 e. The van der Waals surface area contributed by atoms with Crippen molar-refractivity contribution in [3.05, 3.63) is 78.4 Å². The van der Waals surface area contributed by atoms with Gasteiger partial charge in [0.05, 0.1) is 29.5 Å². The van der Waals surface area contributed by atoms with Crippen LogP contribution >= 0.6 is 0 Å². The van der Waals surface area contributed by atoms with Crippen molar-refractivity contribution in [1.82, 2.24) is 19.5 Å². The Bertz CT molecular complexity index is 1590. The first-order valence-electron chi connectivity index (χ1n) is 12.1. The van der Waals surface area contributed by atoms with Crippen LogP contribution in [0, 0.1) is 12.8 Å². The number of methoxy groups -OCH3 is 1. The van der Waals surface area contributed by atoms with Gasteiger partial charge in [-0.05, 0) is 60.5 Å². The Morgan fingerprint density at radius 1 is 1.03 bits per heavy atom. The highest BCUT2D eigenvalue weighted by molar-refractivity contribution is 5.92. The molecule has 0 aliphatic carbocycles. The Balaban J connectivity index is 1.35. The third-order valence-electron chi connectivity index (χ3n) is 6.41. The van der Waals surface area contributed by atoms with E-state index in [4.69, 9.17) is 9.47 Å². The van der Waals surface area contributed by atoms with E-state index in [-0.39, 0.29) is 11.7 Å². The molecule has 3 aromatic carbocycles. The largest absolute Gasteiger partial charge is 0.457 e. The number of fused-ring (bicyclic) bond motifs is 2. The molecule has 1 unspecified atom stereocenters. The van der Waals surface area contributed by atoms with Gasteiger partial charge < -0.3 is 19.4 Å². The van der Waals surface area contributed by atoms with Crippen molar-refractivity contribution in [2.24, 2.45) is 13.0 Å². The summed E-state index contributed by atoms with van der Waals surface area (Å²) in [5.74, 6) is 2.16. The monoisotopic (exact) mass is 495 g/mol. The zero-order valence-electron chi connectivity index (χ0n) is 21.4. The number of nitrogens with zero attached hydrogens (tertiary/aromatic N) is 4. The van der Waals surface area contributed by atoms with Gasteiger partial charge in [0.2, 0.25) is 0 Å². The van der Waals surface area contributed by atoms with Crippen LogP contribution in [-0.2, 0) is 23.0 Å². The quantitative estimate of drug-likeness (QED) is 0.278. The Morgan fingerprint density at radius 2 is 1.89 bits per heavy atom. The molecular weight excluding hydrogens is 466 g/mol. The Labute approximate surface area is 215 Å². The van der Waals surface area contributed by atoms with Crippen LogP contribution in [0.1, 0.15) is 18.1 Å². The summed E-state index contributed by atoms with van der Waals surface area (Å²) in [5.41, 5.74) is 5.52. The summed E-state index contributed by atoms with van der Waals surface area (Å²) in [6.07, 6.45) is 3.66. The normalized spacial score (nSPS) is 12.1. The van der Waals surface area contributed by atoms with E-state index in [0.717, 1.165) is 50.2 Å². The van der Waals surface area contributed by atoms with Gasteiger partial charge >= 0.3 is 0 Å². The minimum absolute atomic E-state index is 0.140. The number of ketones is 1. The second-order valence-electron chi connectivity index (χ2n) is 9.29. The van der Waals surface area contributed by atoms with E-state index in [1.807, 2.05) is 80.1 Å². The number of benzene rings is 3. The van der Waals surface area contributed by atoms with Crippen LogP contribution in [-0.4, -0.2) is 39.0 Å². The maximum absolute atomic E-state index is 12.5. The molecule has 0 saturated heterocycles. The number of Topliss-reactive ketones (excluding diaryl/α,β-unsaturated/α-hetero) is 1. The number of carbonyl (C=O) groups excluding carboxylic acids is 1. The molecule has 2 heterocycles. The summed E-state index contributed by atoms with van der Waals surface area (Å²) >= 11 is 0. The van der Waals surface area contributed by atoms with E-state index in [9.17, 15) is 4.79 Å². The second kappa shape index (κ2) is 10.4. The molecule has 5 aromatic rings. The first-order valence-corrected chi connectivity index (χ1v) is 12.1. The fraction of sp³-hybridized carbons (Fsp3) is 0.241. The van der Waals surface area contributed by atoms with Crippen molar-refractivity contribution in [3.8, 4) is 11.5 Å². The number of ether oxygens (including phenoxy) is 2. The van der Waals surface area contributed by atoms with Crippen LogP contribution in [0.2, 0.25) is 0 Å². The summed E-state index contributed by atoms with van der Waals surface area (Å²) in [4.78, 5) is 25.8. The Hall–Kier alpha value is -4.30. The number of aromatic nitrogens is 4. The number of anilines is 2.